The average molecular weight is 964 g/mol. The Morgan fingerprint density at radius 2 is 1.00 bits per heavy atom. The molecule has 0 fully saturated rings. The van der Waals surface area contributed by atoms with Crippen LogP contribution < -0.4 is 30.6 Å². The van der Waals surface area contributed by atoms with Crippen molar-refractivity contribution in [1.29, 1.82) is 0 Å². The Morgan fingerprint density at radius 3 is 1.28 bits per heavy atom. The van der Waals surface area contributed by atoms with Crippen LogP contribution in [0.5, 0.6) is 0 Å². The second kappa shape index (κ2) is 22.1. The number of hydrogen-bond donors (Lipinski definition) is 4. The molecule has 0 unspecified atom stereocenters. The summed E-state index contributed by atoms with van der Waals surface area (Å²) < 4.78 is 4.03. The van der Waals surface area contributed by atoms with Crippen LogP contribution in [-0.4, -0.2) is 87.7 Å². The monoisotopic (exact) mass is 963 g/mol. The van der Waals surface area contributed by atoms with Gasteiger partial charge in [-0.25, -0.2) is 9.97 Å². The van der Waals surface area contributed by atoms with Crippen LogP contribution in [0.3, 0.4) is 0 Å². The standard InChI is InChI=1S/2C18H24N6O.C2H2O4.Pt/c2*1-4-23(12-25)18-21-16(19-10-14-8-6-5-7-9-14)15-17(22-18)24(11-20-15)13(2)3;3-1(4)2(5)6;/h2*5-9,11,13,25H,4,10,12H2,1-3H3,(H,19,21,22);(H,3,4)(H,5,6);/q;;;+2/p-2. The van der Waals surface area contributed by atoms with Gasteiger partial charge >= 0.3 is 21.1 Å². The molecule has 19 heteroatoms. The second-order valence-electron chi connectivity index (χ2n) is 12.8. The van der Waals surface area contributed by atoms with Crippen molar-refractivity contribution in [2.75, 3.05) is 47.0 Å². The first-order valence-corrected chi connectivity index (χ1v) is 18.1. The summed E-state index contributed by atoms with van der Waals surface area (Å²) >= 11 is 0. The number of carboxylic acid groups (broad SMARTS) is 2. The molecule has 6 rings (SSSR count). The van der Waals surface area contributed by atoms with Crippen molar-refractivity contribution in [1.82, 2.24) is 39.0 Å². The second-order valence-corrected chi connectivity index (χ2v) is 12.8. The smallest absolute Gasteiger partial charge is 0.543 e. The summed E-state index contributed by atoms with van der Waals surface area (Å²) in [6, 6.07) is 20.7. The van der Waals surface area contributed by atoms with Gasteiger partial charge in [0, 0.05) is 38.3 Å². The number of carboxylic acids is 2. The van der Waals surface area contributed by atoms with E-state index in [9.17, 15) is 10.2 Å². The maximum Gasteiger partial charge on any atom is 2.00 e. The summed E-state index contributed by atoms with van der Waals surface area (Å²) in [5.41, 5.74) is 5.33. The Balaban J connectivity index is 0.000000263. The van der Waals surface area contributed by atoms with Crippen molar-refractivity contribution >= 4 is 57.8 Å². The van der Waals surface area contributed by atoms with Crippen molar-refractivity contribution in [3.63, 3.8) is 0 Å². The van der Waals surface area contributed by atoms with Gasteiger partial charge in [0.15, 0.2) is 34.0 Å². The van der Waals surface area contributed by atoms with Crippen LogP contribution in [0.1, 0.15) is 64.8 Å². The van der Waals surface area contributed by atoms with Gasteiger partial charge < -0.3 is 59.6 Å². The predicted octanol–water partition coefficient (Wildman–Crippen LogP) is 2.07. The number of imidazole rings is 2. The zero-order valence-electron chi connectivity index (χ0n) is 32.6. The predicted molar refractivity (Wildman–Crippen MR) is 209 cm³/mol. The summed E-state index contributed by atoms with van der Waals surface area (Å²) in [6.07, 6.45) is 3.58. The van der Waals surface area contributed by atoms with E-state index in [1.54, 1.807) is 22.5 Å². The van der Waals surface area contributed by atoms with Gasteiger partial charge in [-0.3, -0.25) is 0 Å². The zero-order chi connectivity index (χ0) is 40.8. The fourth-order valence-corrected chi connectivity index (χ4v) is 5.27. The molecule has 4 N–H and O–H groups in total. The molecule has 6 aromatic rings. The van der Waals surface area contributed by atoms with E-state index in [0.29, 0.717) is 49.7 Å². The van der Waals surface area contributed by atoms with Crippen molar-refractivity contribution < 1.29 is 51.1 Å². The van der Waals surface area contributed by atoms with E-state index >= 15 is 0 Å². The van der Waals surface area contributed by atoms with Crippen LogP contribution in [0.4, 0.5) is 23.5 Å². The number of nitrogens with zero attached hydrogens (tertiary/aromatic N) is 10. The number of nitrogens with one attached hydrogen (secondary N) is 2. The van der Waals surface area contributed by atoms with Crippen LogP contribution in [0.15, 0.2) is 73.3 Å². The molecule has 0 radical (unpaired) electrons. The molecule has 0 aliphatic rings. The van der Waals surface area contributed by atoms with Crippen LogP contribution in [0.2, 0.25) is 0 Å². The number of aromatic nitrogens is 8. The summed E-state index contributed by atoms with van der Waals surface area (Å²) in [6.45, 7) is 14.5. The van der Waals surface area contributed by atoms with Gasteiger partial charge in [-0.2, -0.15) is 19.9 Å². The number of aliphatic carboxylic acids is 2. The Morgan fingerprint density at radius 1 is 0.649 bits per heavy atom. The molecular formula is C38H48N12O6Pt. The first kappa shape index (κ1) is 45.7. The molecule has 0 aliphatic carbocycles. The van der Waals surface area contributed by atoms with E-state index in [-0.39, 0.29) is 46.6 Å². The molecule has 0 bridgehead atoms. The van der Waals surface area contributed by atoms with Crippen molar-refractivity contribution in [3.8, 4) is 0 Å². The first-order valence-electron chi connectivity index (χ1n) is 18.1. The molecule has 306 valence electrons. The van der Waals surface area contributed by atoms with Gasteiger partial charge in [0.2, 0.25) is 11.9 Å². The van der Waals surface area contributed by atoms with Crippen molar-refractivity contribution in [2.45, 2.75) is 66.7 Å². The minimum atomic E-state index is -2.19. The molecule has 4 heterocycles. The van der Waals surface area contributed by atoms with Gasteiger partial charge in [0.1, 0.15) is 13.5 Å². The maximum absolute atomic E-state index is 9.58. The van der Waals surface area contributed by atoms with Crippen LogP contribution in [0.25, 0.3) is 22.3 Å². The number of carbonyl (C=O) groups excluding carboxylic acids is 2. The fourth-order valence-electron chi connectivity index (χ4n) is 5.27. The molecule has 0 saturated heterocycles. The van der Waals surface area contributed by atoms with Crippen molar-refractivity contribution in [2.24, 2.45) is 0 Å². The summed E-state index contributed by atoms with van der Waals surface area (Å²) in [5.74, 6) is -2.03. The zero-order valence-corrected chi connectivity index (χ0v) is 34.9. The topological polar surface area (TPSA) is 238 Å². The average Bonchev–Trinajstić information content (AvgIpc) is 3.84. The molecule has 0 atom stereocenters. The largest absolute Gasteiger partial charge is 2.00 e. The Labute approximate surface area is 344 Å². The van der Waals surface area contributed by atoms with Crippen LogP contribution in [-0.2, 0) is 43.7 Å². The summed E-state index contributed by atoms with van der Waals surface area (Å²) in [7, 11) is 0. The third-order valence-electron chi connectivity index (χ3n) is 8.37. The third kappa shape index (κ3) is 12.1. The molecular weight excluding hydrogens is 916 g/mol. The van der Waals surface area contributed by atoms with E-state index in [1.807, 2.05) is 59.4 Å². The molecule has 4 aromatic heterocycles. The molecule has 2 aromatic carbocycles. The maximum atomic E-state index is 9.58. The van der Waals surface area contributed by atoms with Gasteiger partial charge in [-0.05, 0) is 52.7 Å². The quantitative estimate of drug-likeness (QED) is 0.0903. The Hall–Kier alpha value is -5.71. The molecule has 18 nitrogen and oxygen atoms in total. The molecule has 0 amide bonds. The van der Waals surface area contributed by atoms with E-state index < -0.39 is 11.9 Å². The van der Waals surface area contributed by atoms with E-state index in [2.05, 4.69) is 92.5 Å². The number of rotatable bonds is 14. The van der Waals surface area contributed by atoms with Gasteiger partial charge in [-0.1, -0.05) is 60.7 Å². The molecule has 0 aliphatic heterocycles. The van der Waals surface area contributed by atoms with E-state index in [4.69, 9.17) is 19.8 Å². The van der Waals surface area contributed by atoms with E-state index in [0.717, 1.165) is 33.5 Å². The number of benzene rings is 2. The number of fused-ring (bicyclic) bond motifs is 2. The third-order valence-corrected chi connectivity index (χ3v) is 8.37. The Kier molecular flexibility index (Phi) is 17.7. The normalized spacial score (nSPS) is 10.6. The number of carbonyl (C=O) groups is 2. The van der Waals surface area contributed by atoms with Gasteiger partial charge in [-0.15, -0.1) is 0 Å². The van der Waals surface area contributed by atoms with Crippen LogP contribution in [0, 0.1) is 0 Å². The summed E-state index contributed by atoms with van der Waals surface area (Å²) in [4.78, 5) is 48.7. The SMILES string of the molecule is CCN(CO)c1nc(NCc2ccccc2)c2ncn(C(C)C)c2n1.CCN(CO)c1nc(NCc2ccccc2)c2ncn(C(C)C)c2n1.O=C([O-])C(=O)[O-].[Pt+2]. The number of anilines is 4. The molecule has 57 heavy (non-hydrogen) atoms. The van der Waals surface area contributed by atoms with Crippen LogP contribution >= 0.6 is 0 Å². The first-order chi connectivity index (χ1) is 26.9. The number of hydrogen-bond acceptors (Lipinski definition) is 16. The molecule has 0 saturated carbocycles. The fraction of sp³-hybridized carbons (Fsp3) is 0.368. The van der Waals surface area contributed by atoms with E-state index in [1.165, 1.54) is 0 Å². The Bertz CT molecular complexity index is 2000. The minimum Gasteiger partial charge on any atom is -0.543 e. The minimum absolute atomic E-state index is 0. The number of aliphatic hydroxyl groups is 2. The number of aliphatic hydroxyl groups excluding tert-OH is 2. The van der Waals surface area contributed by atoms with Gasteiger partial charge in [0.25, 0.3) is 0 Å². The van der Waals surface area contributed by atoms with Crippen molar-refractivity contribution in [3.05, 3.63) is 84.4 Å². The summed E-state index contributed by atoms with van der Waals surface area (Å²) in [5, 5.41) is 43.7. The molecule has 0 spiro atoms. The van der Waals surface area contributed by atoms with Gasteiger partial charge in [0.05, 0.1) is 24.6 Å².